The first-order valence-electron chi connectivity index (χ1n) is 6.79. The maximum Gasteiger partial charge on any atom is 0.0406 e. The van der Waals surface area contributed by atoms with E-state index >= 15 is 0 Å². The molecule has 0 amide bonds. The summed E-state index contributed by atoms with van der Waals surface area (Å²) in [5.41, 5.74) is 10.1. The molecule has 0 fully saturated rings. The van der Waals surface area contributed by atoms with Crippen molar-refractivity contribution in [3.8, 4) is 11.1 Å². The van der Waals surface area contributed by atoms with E-state index in [1.807, 2.05) is 66.7 Å². The molecular formula is C19H18ClN. The summed E-state index contributed by atoms with van der Waals surface area (Å²) in [6.45, 7) is 2.08. The van der Waals surface area contributed by atoms with E-state index in [0.29, 0.717) is 0 Å². The lowest BCUT2D eigenvalue weighted by Gasteiger charge is -2.04. The second kappa shape index (κ2) is 7.51. The third-order valence-corrected chi connectivity index (χ3v) is 3.31. The molecule has 106 valence electrons. The predicted octanol–water partition coefficient (Wildman–Crippen LogP) is 5.58. The smallest absolute Gasteiger partial charge is 0.0406 e. The zero-order valence-electron chi connectivity index (χ0n) is 12.0. The van der Waals surface area contributed by atoms with Crippen molar-refractivity contribution in [1.29, 1.82) is 0 Å². The molecule has 0 aliphatic carbocycles. The Morgan fingerprint density at radius 2 is 1.29 bits per heavy atom. The summed E-state index contributed by atoms with van der Waals surface area (Å²) in [5.74, 6) is 0. The van der Waals surface area contributed by atoms with Gasteiger partial charge in [0.2, 0.25) is 0 Å². The molecule has 2 N–H and O–H groups in total. The lowest BCUT2D eigenvalue weighted by atomic mass is 10.0. The zero-order chi connectivity index (χ0) is 15.1. The summed E-state index contributed by atoms with van der Waals surface area (Å²) < 4.78 is 0. The highest BCUT2D eigenvalue weighted by atomic mass is 35.5. The number of benzene rings is 3. The van der Waals surface area contributed by atoms with Crippen LogP contribution in [0.1, 0.15) is 5.56 Å². The summed E-state index contributed by atoms with van der Waals surface area (Å²) in [5, 5.41) is 0.739. The average Bonchev–Trinajstić information content (AvgIpc) is 2.50. The molecule has 0 bridgehead atoms. The van der Waals surface area contributed by atoms with Crippen LogP contribution in [0.5, 0.6) is 0 Å². The third kappa shape index (κ3) is 4.66. The second-order valence-electron chi connectivity index (χ2n) is 4.75. The van der Waals surface area contributed by atoms with Gasteiger partial charge in [-0.1, -0.05) is 77.8 Å². The molecule has 0 spiro atoms. The van der Waals surface area contributed by atoms with Gasteiger partial charge < -0.3 is 5.73 Å². The van der Waals surface area contributed by atoms with Crippen LogP contribution in [0.25, 0.3) is 11.1 Å². The van der Waals surface area contributed by atoms with E-state index in [-0.39, 0.29) is 0 Å². The number of nitrogens with two attached hydrogens (primary N) is 1. The summed E-state index contributed by atoms with van der Waals surface area (Å²) in [6.07, 6.45) is 0. The van der Waals surface area contributed by atoms with Crippen molar-refractivity contribution in [3.05, 3.63) is 89.4 Å². The van der Waals surface area contributed by atoms with Crippen molar-refractivity contribution in [1.82, 2.24) is 0 Å². The molecule has 3 rings (SSSR count). The Balaban J connectivity index is 0.000000194. The van der Waals surface area contributed by atoms with Crippen molar-refractivity contribution >= 4 is 17.3 Å². The van der Waals surface area contributed by atoms with Gasteiger partial charge in [-0.2, -0.15) is 0 Å². The Morgan fingerprint density at radius 1 is 0.714 bits per heavy atom. The van der Waals surface area contributed by atoms with Gasteiger partial charge in [-0.05, 0) is 30.7 Å². The zero-order valence-corrected chi connectivity index (χ0v) is 12.7. The van der Waals surface area contributed by atoms with Crippen LogP contribution in [0.2, 0.25) is 5.02 Å². The number of hydrogen-bond acceptors (Lipinski definition) is 1. The Hall–Kier alpha value is -2.25. The fourth-order valence-corrected chi connectivity index (χ4v) is 2.05. The predicted molar refractivity (Wildman–Crippen MR) is 92.5 cm³/mol. The number of para-hydroxylation sites is 1. The summed E-state index contributed by atoms with van der Waals surface area (Å²) in [7, 11) is 0. The first kappa shape index (κ1) is 15.1. The number of rotatable bonds is 1. The van der Waals surface area contributed by atoms with Crippen LogP contribution in [-0.4, -0.2) is 0 Å². The largest absolute Gasteiger partial charge is 0.398 e. The molecule has 0 atom stereocenters. The fraction of sp³-hybridized carbons (Fsp3) is 0.0526. The van der Waals surface area contributed by atoms with Gasteiger partial charge in [0, 0.05) is 16.3 Å². The van der Waals surface area contributed by atoms with Crippen molar-refractivity contribution in [2.75, 3.05) is 5.73 Å². The van der Waals surface area contributed by atoms with Crippen molar-refractivity contribution in [2.45, 2.75) is 6.92 Å². The van der Waals surface area contributed by atoms with Crippen LogP contribution in [0.4, 0.5) is 5.69 Å². The van der Waals surface area contributed by atoms with Crippen molar-refractivity contribution < 1.29 is 0 Å². The van der Waals surface area contributed by atoms with Gasteiger partial charge in [-0.15, -0.1) is 0 Å². The van der Waals surface area contributed by atoms with Crippen LogP contribution < -0.4 is 5.73 Å². The number of anilines is 1. The van der Waals surface area contributed by atoms with E-state index in [4.69, 9.17) is 17.3 Å². The minimum Gasteiger partial charge on any atom is -0.398 e. The van der Waals surface area contributed by atoms with E-state index in [0.717, 1.165) is 21.8 Å². The molecular weight excluding hydrogens is 278 g/mol. The molecule has 2 heteroatoms. The van der Waals surface area contributed by atoms with Gasteiger partial charge in [0.1, 0.15) is 0 Å². The number of halogens is 1. The van der Waals surface area contributed by atoms with Crippen LogP contribution in [0.3, 0.4) is 0 Å². The van der Waals surface area contributed by atoms with Crippen LogP contribution in [0, 0.1) is 6.92 Å². The van der Waals surface area contributed by atoms with E-state index < -0.39 is 0 Å². The van der Waals surface area contributed by atoms with Crippen LogP contribution in [-0.2, 0) is 0 Å². The van der Waals surface area contributed by atoms with E-state index in [1.165, 1.54) is 5.56 Å². The molecule has 0 radical (unpaired) electrons. The fourth-order valence-electron chi connectivity index (χ4n) is 1.92. The van der Waals surface area contributed by atoms with Gasteiger partial charge >= 0.3 is 0 Å². The summed E-state index contributed by atoms with van der Waals surface area (Å²) in [4.78, 5) is 0. The highest BCUT2D eigenvalue weighted by molar-refractivity contribution is 6.30. The van der Waals surface area contributed by atoms with Gasteiger partial charge in [0.25, 0.3) is 0 Å². The SMILES string of the molecule is Cc1ccccc1.Nc1ccccc1-c1ccc(Cl)cc1. The number of hydrogen-bond donors (Lipinski definition) is 1. The molecule has 0 aliphatic heterocycles. The molecule has 3 aromatic carbocycles. The van der Waals surface area contributed by atoms with Gasteiger partial charge in [0.15, 0.2) is 0 Å². The number of aryl methyl sites for hydroxylation is 1. The first-order valence-corrected chi connectivity index (χ1v) is 7.17. The second-order valence-corrected chi connectivity index (χ2v) is 5.19. The molecule has 0 aliphatic rings. The summed E-state index contributed by atoms with van der Waals surface area (Å²) >= 11 is 5.81. The Bertz CT molecular complexity index is 675. The van der Waals surface area contributed by atoms with E-state index in [9.17, 15) is 0 Å². The standard InChI is InChI=1S/C12H10ClN.C7H8/c13-10-7-5-9(6-8-10)11-3-1-2-4-12(11)14;1-7-5-3-2-4-6-7/h1-8H,14H2;2-6H,1H3. The minimum atomic E-state index is 0.739. The molecule has 3 aromatic rings. The van der Waals surface area contributed by atoms with Crippen molar-refractivity contribution in [2.24, 2.45) is 0 Å². The van der Waals surface area contributed by atoms with E-state index in [2.05, 4.69) is 19.1 Å². The maximum absolute atomic E-state index is 5.86. The molecule has 0 unspecified atom stereocenters. The molecule has 0 saturated carbocycles. The van der Waals surface area contributed by atoms with Crippen molar-refractivity contribution in [3.63, 3.8) is 0 Å². The highest BCUT2D eigenvalue weighted by Gasteiger charge is 2.00. The summed E-state index contributed by atoms with van der Waals surface area (Å²) in [6, 6.07) is 25.7. The maximum atomic E-state index is 5.86. The normalized spacial score (nSPS) is 9.62. The van der Waals surface area contributed by atoms with Gasteiger partial charge in [-0.25, -0.2) is 0 Å². The molecule has 21 heavy (non-hydrogen) atoms. The average molecular weight is 296 g/mol. The van der Waals surface area contributed by atoms with Gasteiger partial charge in [0.05, 0.1) is 0 Å². The molecule has 1 nitrogen and oxygen atoms in total. The third-order valence-electron chi connectivity index (χ3n) is 3.06. The molecule has 0 aromatic heterocycles. The van der Waals surface area contributed by atoms with E-state index in [1.54, 1.807) is 0 Å². The van der Waals surface area contributed by atoms with Crippen LogP contribution >= 0.6 is 11.6 Å². The highest BCUT2D eigenvalue weighted by Crippen LogP contribution is 2.26. The quantitative estimate of drug-likeness (QED) is 0.582. The lowest BCUT2D eigenvalue weighted by Crippen LogP contribution is -1.88. The number of nitrogen functional groups attached to an aromatic ring is 1. The lowest BCUT2D eigenvalue weighted by molar-refractivity contribution is 1.48. The topological polar surface area (TPSA) is 26.0 Å². The molecule has 0 saturated heterocycles. The Morgan fingerprint density at radius 3 is 1.81 bits per heavy atom. The monoisotopic (exact) mass is 295 g/mol. The molecule has 0 heterocycles. The Kier molecular flexibility index (Phi) is 5.42. The van der Waals surface area contributed by atoms with Gasteiger partial charge in [-0.3, -0.25) is 0 Å². The van der Waals surface area contributed by atoms with Crippen LogP contribution in [0.15, 0.2) is 78.9 Å². The first-order chi connectivity index (χ1) is 10.2. The Labute approximate surface area is 131 Å². The minimum absolute atomic E-state index is 0.739.